The Kier molecular flexibility index (Phi) is 6.47. The van der Waals surface area contributed by atoms with Gasteiger partial charge in [0.2, 0.25) is 0 Å². The van der Waals surface area contributed by atoms with Gasteiger partial charge in [0, 0.05) is 30.9 Å². The second kappa shape index (κ2) is 9.68. The summed E-state index contributed by atoms with van der Waals surface area (Å²) >= 11 is 4.87. The van der Waals surface area contributed by atoms with Gasteiger partial charge in [0.25, 0.3) is 11.8 Å². The van der Waals surface area contributed by atoms with Crippen LogP contribution in [0.5, 0.6) is 0 Å². The quantitative estimate of drug-likeness (QED) is 0.366. The molecule has 1 fully saturated rings. The molecule has 9 heteroatoms. The Labute approximate surface area is 209 Å². The normalized spacial score (nSPS) is 18.1. The van der Waals surface area contributed by atoms with Crippen molar-refractivity contribution >= 4 is 50.1 Å². The summed E-state index contributed by atoms with van der Waals surface area (Å²) in [6, 6.07) is 15.4. The molecule has 0 spiro atoms. The Bertz CT molecular complexity index is 1350. The van der Waals surface area contributed by atoms with E-state index in [0.717, 1.165) is 52.0 Å². The molecule has 34 heavy (non-hydrogen) atoms. The second-order valence-electron chi connectivity index (χ2n) is 8.40. The predicted octanol–water partition coefficient (Wildman–Crippen LogP) is 5.20. The highest BCUT2D eigenvalue weighted by atomic mass is 79.9. The molecule has 0 radical (unpaired) electrons. The molecule has 4 aromatic rings. The lowest BCUT2D eigenvalue weighted by Crippen LogP contribution is -2.38. The first-order valence-electron chi connectivity index (χ1n) is 11.2. The van der Waals surface area contributed by atoms with Crippen LogP contribution in [-0.2, 0) is 0 Å². The molecule has 3 aromatic heterocycles. The number of rotatable bonds is 5. The van der Waals surface area contributed by atoms with Crippen molar-refractivity contribution < 1.29 is 9.59 Å². The summed E-state index contributed by atoms with van der Waals surface area (Å²) in [6.45, 7) is 0. The van der Waals surface area contributed by atoms with Crippen LogP contribution in [0.2, 0.25) is 0 Å². The molecule has 0 unspecified atom stereocenters. The third-order valence-corrected chi connectivity index (χ3v) is 7.84. The monoisotopic (exact) mass is 537 g/mol. The van der Waals surface area contributed by atoms with Crippen LogP contribution in [0.1, 0.15) is 51.8 Å². The molecule has 1 aliphatic rings. The molecule has 0 saturated heterocycles. The Morgan fingerprint density at radius 1 is 1.12 bits per heavy atom. The minimum atomic E-state index is -0.142. The van der Waals surface area contributed by atoms with E-state index in [2.05, 4.69) is 36.1 Å². The average molecular weight is 538 g/mol. The maximum Gasteiger partial charge on any atom is 0.261 e. The number of benzene rings is 1. The van der Waals surface area contributed by atoms with Crippen LogP contribution in [0, 0.1) is 0 Å². The summed E-state index contributed by atoms with van der Waals surface area (Å²) in [6.07, 6.45) is 5.50. The highest BCUT2D eigenvalue weighted by molar-refractivity contribution is 9.11. The van der Waals surface area contributed by atoms with Crippen molar-refractivity contribution in [3.05, 3.63) is 69.0 Å². The fourth-order valence-corrected chi connectivity index (χ4v) is 5.94. The number of pyridine rings is 1. The lowest BCUT2D eigenvalue weighted by atomic mass is 9.90. The van der Waals surface area contributed by atoms with E-state index in [1.807, 2.05) is 48.5 Å². The van der Waals surface area contributed by atoms with Gasteiger partial charge in [0.15, 0.2) is 5.82 Å². The lowest BCUT2D eigenvalue weighted by molar-refractivity contribution is 0.0923. The molecule has 5 rings (SSSR count). The Balaban J connectivity index is 1.49. The number of carbonyl (C=O) groups is 2. The molecule has 3 heterocycles. The van der Waals surface area contributed by atoms with Gasteiger partial charge >= 0.3 is 0 Å². The first-order chi connectivity index (χ1) is 16.5. The number of nitrogens with one attached hydrogen (secondary N) is 2. The molecule has 174 valence electrons. The third-order valence-electron chi connectivity index (χ3n) is 6.22. The Morgan fingerprint density at radius 2 is 2.00 bits per heavy atom. The molecular weight excluding hydrogens is 514 g/mol. The van der Waals surface area contributed by atoms with Crippen LogP contribution in [0.4, 0.5) is 0 Å². The molecule has 2 amide bonds. The number of halogens is 1. The number of imidazole rings is 1. The average Bonchev–Trinajstić information content (AvgIpc) is 3.47. The molecule has 1 saturated carbocycles. The van der Waals surface area contributed by atoms with Gasteiger partial charge in [-0.25, -0.2) is 4.98 Å². The SMILES string of the molecule is CNC(=O)c1ccc2c(c1)nc(-c1ccccn1)n2[C@H]1CCC[C@@H](NC(=O)c2ccc(Br)s2)C1. The van der Waals surface area contributed by atoms with Gasteiger partial charge < -0.3 is 15.2 Å². The van der Waals surface area contributed by atoms with Crippen molar-refractivity contribution in [1.29, 1.82) is 0 Å². The van der Waals surface area contributed by atoms with Crippen molar-refractivity contribution in [2.24, 2.45) is 0 Å². The van der Waals surface area contributed by atoms with Crippen LogP contribution in [0.25, 0.3) is 22.6 Å². The van der Waals surface area contributed by atoms with Crippen molar-refractivity contribution in [2.75, 3.05) is 7.05 Å². The molecule has 1 aromatic carbocycles. The Hall–Kier alpha value is -3.04. The zero-order chi connectivity index (χ0) is 23.7. The van der Waals surface area contributed by atoms with Crippen molar-refractivity contribution in [3.63, 3.8) is 0 Å². The molecular formula is C25H24BrN5O2S. The largest absolute Gasteiger partial charge is 0.355 e. The summed E-state index contributed by atoms with van der Waals surface area (Å²) in [5.74, 6) is 0.609. The first-order valence-corrected chi connectivity index (χ1v) is 12.9. The number of aromatic nitrogens is 3. The van der Waals surface area contributed by atoms with Crippen LogP contribution in [0.15, 0.2) is 58.5 Å². The zero-order valence-corrected chi connectivity index (χ0v) is 21.0. The van der Waals surface area contributed by atoms with Gasteiger partial charge in [0.1, 0.15) is 5.69 Å². The third kappa shape index (κ3) is 4.50. The summed E-state index contributed by atoms with van der Waals surface area (Å²) < 4.78 is 3.19. The fraction of sp³-hybridized carbons (Fsp3) is 0.280. The van der Waals surface area contributed by atoms with E-state index in [1.54, 1.807) is 13.2 Å². The summed E-state index contributed by atoms with van der Waals surface area (Å²) in [7, 11) is 1.62. The van der Waals surface area contributed by atoms with Gasteiger partial charge in [-0.3, -0.25) is 14.6 Å². The maximum atomic E-state index is 12.8. The van der Waals surface area contributed by atoms with E-state index in [4.69, 9.17) is 4.98 Å². The topological polar surface area (TPSA) is 88.9 Å². The zero-order valence-electron chi connectivity index (χ0n) is 18.6. The minimum absolute atomic E-state index is 0.0305. The van der Waals surface area contributed by atoms with E-state index in [9.17, 15) is 9.59 Å². The van der Waals surface area contributed by atoms with Crippen molar-refractivity contribution in [2.45, 2.75) is 37.8 Å². The lowest BCUT2D eigenvalue weighted by Gasteiger charge is -2.31. The number of hydrogen-bond donors (Lipinski definition) is 2. The van der Waals surface area contributed by atoms with E-state index in [0.29, 0.717) is 10.4 Å². The molecule has 0 aliphatic heterocycles. The van der Waals surface area contributed by atoms with Gasteiger partial charge in [-0.15, -0.1) is 11.3 Å². The van der Waals surface area contributed by atoms with E-state index in [1.165, 1.54) is 11.3 Å². The van der Waals surface area contributed by atoms with E-state index in [-0.39, 0.29) is 23.9 Å². The predicted molar refractivity (Wildman–Crippen MR) is 137 cm³/mol. The number of hydrogen-bond acceptors (Lipinski definition) is 5. The van der Waals surface area contributed by atoms with Crippen molar-refractivity contribution in [1.82, 2.24) is 25.2 Å². The fourth-order valence-electron chi connectivity index (χ4n) is 4.65. The molecule has 2 N–H and O–H groups in total. The second-order valence-corrected chi connectivity index (χ2v) is 10.9. The summed E-state index contributed by atoms with van der Waals surface area (Å²) in [5.41, 5.74) is 3.08. The number of fused-ring (bicyclic) bond motifs is 1. The molecule has 0 bridgehead atoms. The number of carbonyl (C=O) groups excluding carboxylic acids is 2. The highest BCUT2D eigenvalue weighted by Gasteiger charge is 2.29. The van der Waals surface area contributed by atoms with Gasteiger partial charge in [0.05, 0.1) is 19.7 Å². The van der Waals surface area contributed by atoms with Crippen LogP contribution in [0.3, 0.4) is 0 Å². The van der Waals surface area contributed by atoms with Gasteiger partial charge in [-0.1, -0.05) is 6.07 Å². The van der Waals surface area contributed by atoms with Crippen LogP contribution in [-0.4, -0.2) is 39.4 Å². The van der Waals surface area contributed by atoms with Crippen LogP contribution >= 0.6 is 27.3 Å². The van der Waals surface area contributed by atoms with Gasteiger partial charge in [-0.05, 0) is 84.1 Å². The number of nitrogens with zero attached hydrogens (tertiary/aromatic N) is 3. The first kappa shape index (κ1) is 22.7. The van der Waals surface area contributed by atoms with Gasteiger partial charge in [-0.2, -0.15) is 0 Å². The summed E-state index contributed by atoms with van der Waals surface area (Å²) in [4.78, 5) is 35.1. The maximum absolute atomic E-state index is 12.8. The molecule has 7 nitrogen and oxygen atoms in total. The number of amides is 2. The highest BCUT2D eigenvalue weighted by Crippen LogP contribution is 2.36. The van der Waals surface area contributed by atoms with E-state index >= 15 is 0 Å². The minimum Gasteiger partial charge on any atom is -0.355 e. The summed E-state index contributed by atoms with van der Waals surface area (Å²) in [5, 5.41) is 5.90. The van der Waals surface area contributed by atoms with Crippen LogP contribution < -0.4 is 10.6 Å². The molecule has 1 aliphatic carbocycles. The Morgan fingerprint density at radius 3 is 2.74 bits per heavy atom. The van der Waals surface area contributed by atoms with Crippen molar-refractivity contribution in [3.8, 4) is 11.5 Å². The smallest absolute Gasteiger partial charge is 0.261 e. The molecule has 2 atom stereocenters. The number of thiophene rings is 1. The van der Waals surface area contributed by atoms with E-state index < -0.39 is 0 Å². The standard InChI is InChI=1S/C25H24BrN5O2S/c1-27-24(32)15-8-9-20-19(13-15)30-23(18-7-2-3-12-28-18)31(20)17-6-4-5-16(14-17)29-25(33)21-10-11-22(26)34-21/h2-3,7-13,16-17H,4-6,14H2,1H3,(H,27,32)(H,29,33)/t16-,17+/m1/s1.